The minimum atomic E-state index is -0.435. The Hall–Kier alpha value is -2.91. The van der Waals surface area contributed by atoms with Crippen LogP contribution < -0.4 is 10.9 Å². The zero-order valence-electron chi connectivity index (χ0n) is 15.1. The average molecular weight is 417 g/mol. The van der Waals surface area contributed by atoms with Crippen LogP contribution in [0.2, 0.25) is 5.02 Å². The number of thioether (sulfide) groups is 1. The van der Waals surface area contributed by atoms with E-state index < -0.39 is 5.91 Å². The minimum absolute atomic E-state index is 0.0339. The Kier molecular flexibility index (Phi) is 6.27. The first kappa shape index (κ1) is 19.8. The van der Waals surface area contributed by atoms with Gasteiger partial charge in [-0.15, -0.1) is 5.10 Å². The van der Waals surface area contributed by atoms with Crippen molar-refractivity contribution in [3.8, 4) is 5.69 Å². The van der Waals surface area contributed by atoms with Crippen LogP contribution in [0.4, 0.5) is 0 Å². The molecule has 144 valence electrons. The number of nitrogens with zero attached hydrogens (tertiary/aromatic N) is 4. The van der Waals surface area contributed by atoms with Gasteiger partial charge in [0, 0.05) is 10.6 Å². The molecule has 0 radical (unpaired) electrons. The highest BCUT2D eigenvalue weighted by molar-refractivity contribution is 7.99. The molecule has 0 spiro atoms. The molecule has 3 aromatic rings. The lowest BCUT2D eigenvalue weighted by atomic mass is 10.1. The smallest absolute Gasteiger partial charge is 0.269 e. The fourth-order valence-corrected chi connectivity index (χ4v) is 3.24. The van der Waals surface area contributed by atoms with E-state index in [1.54, 1.807) is 28.9 Å². The molecule has 2 amide bonds. The summed E-state index contributed by atoms with van der Waals surface area (Å²) in [5.74, 6) is -0.788. The SMILES string of the molecule is Cc1ccc(-n2nnnc2SCC(=O)NNC(=O)c2ccc(Cl)cc2)c(C)c1. The number of halogens is 1. The Morgan fingerprint density at radius 1 is 1.11 bits per heavy atom. The van der Waals surface area contributed by atoms with Gasteiger partial charge in [0.15, 0.2) is 0 Å². The number of carbonyl (C=O) groups is 2. The van der Waals surface area contributed by atoms with E-state index in [0.717, 1.165) is 16.8 Å². The zero-order valence-corrected chi connectivity index (χ0v) is 16.7. The number of rotatable bonds is 5. The van der Waals surface area contributed by atoms with Gasteiger partial charge in [-0.1, -0.05) is 41.1 Å². The van der Waals surface area contributed by atoms with E-state index in [-0.39, 0.29) is 11.7 Å². The number of carbonyl (C=O) groups excluding carboxylic acids is 2. The predicted octanol–water partition coefficient (Wildman–Crippen LogP) is 2.49. The van der Waals surface area contributed by atoms with Crippen LogP contribution in [-0.4, -0.2) is 37.8 Å². The molecule has 0 atom stereocenters. The van der Waals surface area contributed by atoms with Gasteiger partial charge < -0.3 is 0 Å². The largest absolute Gasteiger partial charge is 0.272 e. The molecule has 1 aromatic heterocycles. The van der Waals surface area contributed by atoms with Crippen LogP contribution in [0.25, 0.3) is 5.69 Å². The molecule has 3 rings (SSSR count). The summed E-state index contributed by atoms with van der Waals surface area (Å²) in [4.78, 5) is 24.0. The Labute approximate surface area is 170 Å². The van der Waals surface area contributed by atoms with Gasteiger partial charge >= 0.3 is 0 Å². The van der Waals surface area contributed by atoms with Crippen molar-refractivity contribution < 1.29 is 9.59 Å². The predicted molar refractivity (Wildman–Crippen MR) is 106 cm³/mol. The fourth-order valence-electron chi connectivity index (χ4n) is 2.43. The van der Waals surface area contributed by atoms with E-state index in [4.69, 9.17) is 11.6 Å². The van der Waals surface area contributed by atoms with Gasteiger partial charge in [0.1, 0.15) is 0 Å². The van der Waals surface area contributed by atoms with Gasteiger partial charge in [0.05, 0.1) is 11.4 Å². The van der Waals surface area contributed by atoms with Gasteiger partial charge in [-0.05, 0) is 60.2 Å². The maximum atomic E-state index is 12.0. The molecule has 8 nitrogen and oxygen atoms in total. The van der Waals surface area contributed by atoms with Crippen molar-refractivity contribution in [3.63, 3.8) is 0 Å². The maximum absolute atomic E-state index is 12.0. The molecule has 10 heteroatoms. The summed E-state index contributed by atoms with van der Waals surface area (Å²) in [7, 11) is 0. The molecular weight excluding hydrogens is 400 g/mol. The highest BCUT2D eigenvalue weighted by atomic mass is 35.5. The highest BCUT2D eigenvalue weighted by Gasteiger charge is 2.14. The quantitative estimate of drug-likeness (QED) is 0.489. The van der Waals surface area contributed by atoms with Crippen molar-refractivity contribution in [1.82, 2.24) is 31.1 Å². The van der Waals surface area contributed by atoms with Gasteiger partial charge in [0.25, 0.3) is 5.91 Å². The second-order valence-corrected chi connectivity index (χ2v) is 7.34. The van der Waals surface area contributed by atoms with Gasteiger partial charge in [-0.2, -0.15) is 4.68 Å². The summed E-state index contributed by atoms with van der Waals surface area (Å²) < 4.78 is 1.58. The Balaban J connectivity index is 1.56. The zero-order chi connectivity index (χ0) is 20.1. The molecule has 2 N–H and O–H groups in total. The third-order valence-electron chi connectivity index (χ3n) is 3.78. The molecule has 0 saturated carbocycles. The minimum Gasteiger partial charge on any atom is -0.272 e. The van der Waals surface area contributed by atoms with Gasteiger partial charge in [-0.3, -0.25) is 20.4 Å². The lowest BCUT2D eigenvalue weighted by molar-refractivity contribution is -0.119. The van der Waals surface area contributed by atoms with E-state index in [1.165, 1.54) is 11.8 Å². The number of hydrogen-bond donors (Lipinski definition) is 2. The lowest BCUT2D eigenvalue weighted by Gasteiger charge is -2.09. The molecule has 28 heavy (non-hydrogen) atoms. The molecule has 0 fully saturated rings. The summed E-state index contributed by atoms with van der Waals surface area (Å²) in [6.07, 6.45) is 0. The Bertz CT molecular complexity index is 1010. The van der Waals surface area contributed by atoms with Crippen molar-refractivity contribution in [2.75, 3.05) is 5.75 Å². The van der Waals surface area contributed by atoms with E-state index in [1.807, 2.05) is 32.0 Å². The third kappa shape index (κ3) is 4.87. The molecule has 0 bridgehead atoms. The van der Waals surface area contributed by atoms with Crippen molar-refractivity contribution in [2.24, 2.45) is 0 Å². The number of benzene rings is 2. The fraction of sp³-hybridized carbons (Fsp3) is 0.167. The summed E-state index contributed by atoms with van der Waals surface area (Å²) in [5.41, 5.74) is 8.11. The van der Waals surface area contributed by atoms with Gasteiger partial charge in [0.2, 0.25) is 11.1 Å². The molecule has 0 saturated heterocycles. The van der Waals surface area contributed by atoms with Crippen LogP contribution in [0.5, 0.6) is 0 Å². The van der Waals surface area contributed by atoms with Crippen molar-refractivity contribution in [3.05, 3.63) is 64.2 Å². The first-order valence-corrected chi connectivity index (χ1v) is 9.64. The van der Waals surface area contributed by atoms with Crippen LogP contribution in [0.3, 0.4) is 0 Å². The summed E-state index contributed by atoms with van der Waals surface area (Å²) in [5, 5.41) is 12.7. The molecule has 0 aliphatic heterocycles. The first-order valence-electron chi connectivity index (χ1n) is 8.27. The van der Waals surface area contributed by atoms with Gasteiger partial charge in [-0.25, -0.2) is 0 Å². The molecule has 0 unspecified atom stereocenters. The van der Waals surface area contributed by atoms with Crippen molar-refractivity contribution >= 4 is 35.2 Å². The maximum Gasteiger partial charge on any atom is 0.269 e. The third-order valence-corrected chi connectivity index (χ3v) is 4.95. The Morgan fingerprint density at radius 2 is 1.86 bits per heavy atom. The number of amides is 2. The molecule has 1 heterocycles. The second kappa shape index (κ2) is 8.85. The second-order valence-electron chi connectivity index (χ2n) is 5.96. The number of tetrazole rings is 1. The molecule has 0 aliphatic rings. The standard InChI is InChI=1S/C18H17ClN6O2S/c1-11-3-8-15(12(2)9-11)25-18(22-23-24-25)28-10-16(26)20-21-17(27)13-4-6-14(19)7-5-13/h3-9H,10H2,1-2H3,(H,20,26)(H,21,27). The molecule has 0 aliphatic carbocycles. The van der Waals surface area contributed by atoms with E-state index in [9.17, 15) is 9.59 Å². The summed E-state index contributed by atoms with van der Waals surface area (Å²) in [6.45, 7) is 3.98. The van der Waals surface area contributed by atoms with Crippen LogP contribution >= 0.6 is 23.4 Å². The number of aromatic nitrogens is 4. The van der Waals surface area contributed by atoms with Crippen LogP contribution in [0.1, 0.15) is 21.5 Å². The average Bonchev–Trinajstić information content (AvgIpc) is 3.13. The lowest BCUT2D eigenvalue weighted by Crippen LogP contribution is -2.42. The highest BCUT2D eigenvalue weighted by Crippen LogP contribution is 2.21. The van der Waals surface area contributed by atoms with Crippen LogP contribution in [-0.2, 0) is 4.79 Å². The van der Waals surface area contributed by atoms with E-state index in [0.29, 0.717) is 15.7 Å². The van der Waals surface area contributed by atoms with Crippen LogP contribution in [0, 0.1) is 13.8 Å². The van der Waals surface area contributed by atoms with Crippen LogP contribution in [0.15, 0.2) is 47.6 Å². The summed E-state index contributed by atoms with van der Waals surface area (Å²) >= 11 is 6.95. The number of hydrazine groups is 1. The van der Waals surface area contributed by atoms with E-state index >= 15 is 0 Å². The molecule has 2 aromatic carbocycles. The molecular formula is C18H17ClN6O2S. The van der Waals surface area contributed by atoms with Crippen molar-refractivity contribution in [1.29, 1.82) is 0 Å². The number of hydrogen-bond acceptors (Lipinski definition) is 6. The number of aryl methyl sites for hydroxylation is 2. The summed E-state index contributed by atoms with van der Waals surface area (Å²) in [6, 6.07) is 12.3. The Morgan fingerprint density at radius 3 is 2.57 bits per heavy atom. The normalized spacial score (nSPS) is 10.5. The van der Waals surface area contributed by atoms with E-state index in [2.05, 4.69) is 26.4 Å². The monoisotopic (exact) mass is 416 g/mol. The van der Waals surface area contributed by atoms with Crippen molar-refractivity contribution in [2.45, 2.75) is 19.0 Å². The topological polar surface area (TPSA) is 102 Å². The first-order chi connectivity index (χ1) is 13.4. The number of nitrogens with one attached hydrogen (secondary N) is 2.